The van der Waals surface area contributed by atoms with E-state index >= 15 is 0 Å². The maximum atomic E-state index is 11.8. The molecule has 2 atom stereocenters. The summed E-state index contributed by atoms with van der Waals surface area (Å²) in [6.07, 6.45) is -1.00. The van der Waals surface area contributed by atoms with Gasteiger partial charge in [0, 0.05) is 6.08 Å². The zero-order valence-electron chi connectivity index (χ0n) is 13.5. The SMILES string of the molecule is COC(=O)[C@H](CC(=O)O)[C@@H](OC(=O)C=Cc1ccc(O)c(O)c1)C(=O)O. The molecule has 0 aliphatic rings. The molecule has 1 aromatic carbocycles. The van der Waals surface area contributed by atoms with Crippen molar-refractivity contribution in [2.45, 2.75) is 12.5 Å². The first kappa shape index (κ1) is 20.5. The quantitative estimate of drug-likeness (QED) is 0.286. The van der Waals surface area contributed by atoms with Crippen molar-refractivity contribution < 1.29 is 49.1 Å². The summed E-state index contributed by atoms with van der Waals surface area (Å²) in [5, 5.41) is 36.5. The van der Waals surface area contributed by atoms with E-state index in [2.05, 4.69) is 9.47 Å². The monoisotopic (exact) mass is 368 g/mol. The number of esters is 2. The van der Waals surface area contributed by atoms with E-state index in [9.17, 15) is 29.4 Å². The van der Waals surface area contributed by atoms with Crippen LogP contribution in [0.15, 0.2) is 24.3 Å². The van der Waals surface area contributed by atoms with E-state index in [1.807, 2.05) is 0 Å². The second-order valence-electron chi connectivity index (χ2n) is 5.00. The van der Waals surface area contributed by atoms with Crippen molar-refractivity contribution in [3.8, 4) is 11.5 Å². The van der Waals surface area contributed by atoms with Gasteiger partial charge in [-0.2, -0.15) is 0 Å². The number of rotatable bonds is 8. The third kappa shape index (κ3) is 5.82. The van der Waals surface area contributed by atoms with E-state index in [4.69, 9.17) is 10.2 Å². The molecule has 0 fully saturated rings. The van der Waals surface area contributed by atoms with Crippen molar-refractivity contribution in [3.63, 3.8) is 0 Å². The summed E-state index contributed by atoms with van der Waals surface area (Å²) < 4.78 is 9.03. The molecule has 0 heterocycles. The van der Waals surface area contributed by atoms with Crippen molar-refractivity contribution in [1.82, 2.24) is 0 Å². The number of hydrogen-bond donors (Lipinski definition) is 4. The third-order valence-electron chi connectivity index (χ3n) is 3.16. The molecular formula is C16H16O10. The van der Waals surface area contributed by atoms with Gasteiger partial charge in [0.15, 0.2) is 11.5 Å². The summed E-state index contributed by atoms with van der Waals surface area (Å²) in [7, 11) is 0.940. The molecule has 0 aliphatic heterocycles. The molecule has 0 bridgehead atoms. The molecule has 10 heteroatoms. The largest absolute Gasteiger partial charge is 0.504 e. The van der Waals surface area contributed by atoms with E-state index in [0.29, 0.717) is 5.56 Å². The van der Waals surface area contributed by atoms with Gasteiger partial charge in [0.2, 0.25) is 6.10 Å². The smallest absolute Gasteiger partial charge is 0.345 e. The van der Waals surface area contributed by atoms with Gasteiger partial charge in [-0.15, -0.1) is 0 Å². The van der Waals surface area contributed by atoms with Crippen molar-refractivity contribution in [2.75, 3.05) is 7.11 Å². The Bertz CT molecular complexity index is 737. The number of carboxylic acids is 2. The van der Waals surface area contributed by atoms with Gasteiger partial charge in [-0.05, 0) is 23.8 Å². The topological polar surface area (TPSA) is 168 Å². The van der Waals surface area contributed by atoms with E-state index in [1.54, 1.807) is 0 Å². The van der Waals surface area contributed by atoms with E-state index in [1.165, 1.54) is 12.1 Å². The van der Waals surface area contributed by atoms with Crippen LogP contribution in [0.1, 0.15) is 12.0 Å². The van der Waals surface area contributed by atoms with Crippen LogP contribution in [0.2, 0.25) is 0 Å². The minimum Gasteiger partial charge on any atom is -0.504 e. The number of phenolic OH excluding ortho intramolecular Hbond substituents is 2. The Morgan fingerprint density at radius 1 is 1.12 bits per heavy atom. The summed E-state index contributed by atoms with van der Waals surface area (Å²) in [5.41, 5.74) is 0.291. The molecule has 0 saturated heterocycles. The zero-order chi connectivity index (χ0) is 19.9. The molecule has 0 amide bonds. The number of carboxylic acid groups (broad SMARTS) is 2. The van der Waals surface area contributed by atoms with Crippen LogP contribution in [0.4, 0.5) is 0 Å². The number of aliphatic carboxylic acids is 2. The van der Waals surface area contributed by atoms with Gasteiger partial charge in [0.05, 0.1) is 13.5 Å². The standard InChI is InChI=1S/C16H16O10/c1-25-16(24)9(7-12(19)20)14(15(22)23)26-13(21)5-3-8-2-4-10(17)11(18)6-8/h2-6,9,14,17-18H,7H2,1H3,(H,19,20)(H,22,23)/t9-,14-/m1/s1. The Morgan fingerprint density at radius 2 is 1.77 bits per heavy atom. The van der Waals surface area contributed by atoms with Crippen molar-refractivity contribution in [3.05, 3.63) is 29.8 Å². The zero-order valence-corrected chi connectivity index (χ0v) is 13.5. The predicted molar refractivity (Wildman–Crippen MR) is 84.1 cm³/mol. The number of methoxy groups -OCH3 is 1. The van der Waals surface area contributed by atoms with Crippen LogP contribution in [-0.2, 0) is 28.7 Å². The lowest BCUT2D eigenvalue weighted by Gasteiger charge is -2.20. The third-order valence-corrected chi connectivity index (χ3v) is 3.16. The van der Waals surface area contributed by atoms with Gasteiger partial charge >= 0.3 is 23.9 Å². The fourth-order valence-electron chi connectivity index (χ4n) is 1.93. The molecule has 0 aromatic heterocycles. The Labute approximate surface area is 146 Å². The van der Waals surface area contributed by atoms with E-state index in [-0.39, 0.29) is 5.75 Å². The van der Waals surface area contributed by atoms with Crippen LogP contribution in [0.3, 0.4) is 0 Å². The summed E-state index contributed by atoms with van der Waals surface area (Å²) in [6.45, 7) is 0. The Balaban J connectivity index is 2.93. The van der Waals surface area contributed by atoms with Gasteiger partial charge in [-0.1, -0.05) is 6.07 Å². The lowest BCUT2D eigenvalue weighted by molar-refractivity contribution is -0.173. The summed E-state index contributed by atoms with van der Waals surface area (Å²) >= 11 is 0. The van der Waals surface area contributed by atoms with Crippen molar-refractivity contribution in [2.24, 2.45) is 5.92 Å². The van der Waals surface area contributed by atoms with Crippen LogP contribution in [0, 0.1) is 5.92 Å². The molecular weight excluding hydrogens is 352 g/mol. The molecule has 0 spiro atoms. The Kier molecular flexibility index (Phi) is 7.14. The van der Waals surface area contributed by atoms with E-state index < -0.39 is 48.1 Å². The molecule has 0 unspecified atom stereocenters. The molecule has 1 aromatic rings. The van der Waals surface area contributed by atoms with Gasteiger partial charge in [0.25, 0.3) is 0 Å². The van der Waals surface area contributed by atoms with Gasteiger partial charge in [-0.25, -0.2) is 9.59 Å². The highest BCUT2D eigenvalue weighted by molar-refractivity contribution is 5.91. The summed E-state index contributed by atoms with van der Waals surface area (Å²) in [4.78, 5) is 45.5. The lowest BCUT2D eigenvalue weighted by Crippen LogP contribution is -2.40. The molecule has 26 heavy (non-hydrogen) atoms. The average molecular weight is 368 g/mol. The van der Waals surface area contributed by atoms with E-state index in [0.717, 1.165) is 25.3 Å². The van der Waals surface area contributed by atoms with Crippen LogP contribution >= 0.6 is 0 Å². The lowest BCUT2D eigenvalue weighted by atomic mass is 9.98. The number of benzene rings is 1. The van der Waals surface area contributed by atoms with Gasteiger partial charge in [0.1, 0.15) is 5.92 Å². The Hall–Kier alpha value is -3.56. The predicted octanol–water partition coefficient (Wildman–Crippen LogP) is 0.371. The molecule has 140 valence electrons. The van der Waals surface area contributed by atoms with Gasteiger partial charge in [-0.3, -0.25) is 9.59 Å². The Morgan fingerprint density at radius 3 is 2.27 bits per heavy atom. The molecule has 4 N–H and O–H groups in total. The summed E-state index contributed by atoms with van der Waals surface area (Å²) in [6, 6.07) is 3.66. The fraction of sp³-hybridized carbons (Fsp3) is 0.250. The number of ether oxygens (including phenoxy) is 2. The van der Waals surface area contributed by atoms with Crippen LogP contribution in [0.25, 0.3) is 6.08 Å². The maximum Gasteiger partial charge on any atom is 0.345 e. The second-order valence-corrected chi connectivity index (χ2v) is 5.00. The highest BCUT2D eigenvalue weighted by Gasteiger charge is 2.39. The highest BCUT2D eigenvalue weighted by Crippen LogP contribution is 2.25. The molecule has 0 aliphatic carbocycles. The first-order valence-corrected chi connectivity index (χ1v) is 7.08. The normalized spacial score (nSPS) is 13.0. The molecule has 0 radical (unpaired) electrons. The molecule has 1 rings (SSSR count). The minimum atomic E-state index is -2.07. The average Bonchev–Trinajstić information content (AvgIpc) is 2.57. The van der Waals surface area contributed by atoms with Crippen LogP contribution in [0.5, 0.6) is 11.5 Å². The molecule has 10 nitrogen and oxygen atoms in total. The molecule has 0 saturated carbocycles. The van der Waals surface area contributed by atoms with Crippen LogP contribution < -0.4 is 0 Å². The van der Waals surface area contributed by atoms with Crippen molar-refractivity contribution >= 4 is 30.0 Å². The maximum absolute atomic E-state index is 11.8. The second kappa shape index (κ2) is 9.06. The highest BCUT2D eigenvalue weighted by atomic mass is 16.6. The summed E-state index contributed by atoms with van der Waals surface area (Å²) in [5.74, 6) is -8.04. The number of carbonyl (C=O) groups is 4. The first-order chi connectivity index (χ1) is 12.1. The minimum absolute atomic E-state index is 0.291. The fourth-order valence-corrected chi connectivity index (χ4v) is 1.93. The first-order valence-electron chi connectivity index (χ1n) is 7.08. The number of phenols is 2. The van der Waals surface area contributed by atoms with Gasteiger partial charge < -0.3 is 29.9 Å². The van der Waals surface area contributed by atoms with Crippen molar-refractivity contribution in [1.29, 1.82) is 0 Å². The van der Waals surface area contributed by atoms with Crippen LogP contribution in [-0.4, -0.2) is 57.5 Å². The number of hydrogen-bond acceptors (Lipinski definition) is 8. The number of aromatic hydroxyl groups is 2. The number of carbonyl (C=O) groups excluding carboxylic acids is 2.